The molecular formula is C10H14ClN3O. The van der Waals surface area contributed by atoms with Crippen molar-refractivity contribution in [3.63, 3.8) is 0 Å². The number of rotatable bonds is 3. The molecule has 1 aliphatic rings. The second-order valence-electron chi connectivity index (χ2n) is 3.62. The maximum atomic E-state index is 6.01. The molecular weight excluding hydrogens is 214 g/mol. The normalized spacial score (nSPS) is 20.9. The molecule has 0 aliphatic carbocycles. The first-order valence-electron chi connectivity index (χ1n) is 5.05. The summed E-state index contributed by atoms with van der Waals surface area (Å²) in [5.41, 5.74) is 0. The van der Waals surface area contributed by atoms with Gasteiger partial charge in [0.05, 0.1) is 12.6 Å². The van der Waals surface area contributed by atoms with Crippen LogP contribution in [0.4, 0.5) is 5.82 Å². The molecule has 2 rings (SSSR count). The molecule has 1 fully saturated rings. The smallest absolute Gasteiger partial charge is 0.171 e. The average molecular weight is 228 g/mol. The minimum absolute atomic E-state index is 0.379. The Morgan fingerprint density at radius 1 is 1.53 bits per heavy atom. The van der Waals surface area contributed by atoms with Gasteiger partial charge in [-0.2, -0.15) is 0 Å². The van der Waals surface area contributed by atoms with Gasteiger partial charge < -0.3 is 9.64 Å². The number of aromatic nitrogens is 2. The minimum Gasteiger partial charge on any atom is -0.383 e. The van der Waals surface area contributed by atoms with Gasteiger partial charge >= 0.3 is 0 Å². The Hall–Kier alpha value is -0.870. The van der Waals surface area contributed by atoms with Crippen LogP contribution in [0.5, 0.6) is 0 Å². The van der Waals surface area contributed by atoms with E-state index in [2.05, 4.69) is 14.9 Å². The molecule has 1 aliphatic heterocycles. The molecule has 82 valence electrons. The van der Waals surface area contributed by atoms with Gasteiger partial charge in [-0.15, -0.1) is 0 Å². The van der Waals surface area contributed by atoms with Crippen LogP contribution in [-0.2, 0) is 4.74 Å². The molecule has 1 saturated heterocycles. The number of anilines is 1. The topological polar surface area (TPSA) is 38.2 Å². The van der Waals surface area contributed by atoms with Gasteiger partial charge in [0, 0.05) is 26.0 Å². The molecule has 0 unspecified atom stereocenters. The summed E-state index contributed by atoms with van der Waals surface area (Å²) in [6.45, 7) is 1.69. The highest BCUT2D eigenvalue weighted by Gasteiger charge is 2.27. The van der Waals surface area contributed by atoms with Crippen LogP contribution in [0.3, 0.4) is 0 Å². The Balaban J connectivity index is 2.19. The van der Waals surface area contributed by atoms with Crippen LogP contribution < -0.4 is 4.90 Å². The molecule has 1 aromatic rings. The SMILES string of the molecule is COC[C@H]1CCCN1c1nccnc1Cl. The Morgan fingerprint density at radius 2 is 2.33 bits per heavy atom. The second-order valence-corrected chi connectivity index (χ2v) is 3.97. The van der Waals surface area contributed by atoms with Gasteiger partial charge in [-0.3, -0.25) is 0 Å². The van der Waals surface area contributed by atoms with Crippen molar-refractivity contribution in [3.05, 3.63) is 17.5 Å². The number of hydrogen-bond acceptors (Lipinski definition) is 4. The lowest BCUT2D eigenvalue weighted by Gasteiger charge is -2.25. The number of methoxy groups -OCH3 is 1. The fourth-order valence-electron chi connectivity index (χ4n) is 1.99. The quantitative estimate of drug-likeness (QED) is 0.789. The van der Waals surface area contributed by atoms with Crippen molar-refractivity contribution in [2.24, 2.45) is 0 Å². The van der Waals surface area contributed by atoms with Crippen molar-refractivity contribution in [2.45, 2.75) is 18.9 Å². The van der Waals surface area contributed by atoms with Gasteiger partial charge in [-0.25, -0.2) is 9.97 Å². The van der Waals surface area contributed by atoms with Crippen LogP contribution in [0.15, 0.2) is 12.4 Å². The largest absolute Gasteiger partial charge is 0.383 e. The summed E-state index contributed by atoms with van der Waals surface area (Å²) in [6, 6.07) is 0.379. The zero-order valence-electron chi connectivity index (χ0n) is 8.69. The monoisotopic (exact) mass is 227 g/mol. The summed E-state index contributed by atoms with van der Waals surface area (Å²) >= 11 is 6.01. The summed E-state index contributed by atoms with van der Waals surface area (Å²) in [7, 11) is 1.72. The fourth-order valence-corrected chi connectivity index (χ4v) is 2.20. The van der Waals surface area contributed by atoms with Crippen LogP contribution in [-0.4, -0.2) is 36.3 Å². The number of nitrogens with zero attached hydrogens (tertiary/aromatic N) is 3. The lowest BCUT2D eigenvalue weighted by Crippen LogP contribution is -2.33. The minimum atomic E-state index is 0.379. The Bertz CT molecular complexity index is 334. The fraction of sp³-hybridized carbons (Fsp3) is 0.600. The molecule has 0 spiro atoms. The van der Waals surface area contributed by atoms with Gasteiger partial charge in [0.2, 0.25) is 0 Å². The molecule has 0 bridgehead atoms. The van der Waals surface area contributed by atoms with Gasteiger partial charge in [0.1, 0.15) is 0 Å². The first-order valence-corrected chi connectivity index (χ1v) is 5.43. The first-order chi connectivity index (χ1) is 7.33. The van der Waals surface area contributed by atoms with Crippen LogP contribution in [0.2, 0.25) is 5.15 Å². The van der Waals surface area contributed by atoms with E-state index in [-0.39, 0.29) is 0 Å². The summed E-state index contributed by atoms with van der Waals surface area (Å²) in [6.07, 6.45) is 5.55. The van der Waals surface area contributed by atoms with E-state index in [0.29, 0.717) is 17.8 Å². The number of ether oxygens (including phenoxy) is 1. The molecule has 1 atom stereocenters. The third kappa shape index (κ3) is 2.21. The Labute approximate surface area is 94.2 Å². The van der Waals surface area contributed by atoms with Crippen molar-refractivity contribution in [1.82, 2.24) is 9.97 Å². The van der Waals surface area contributed by atoms with Gasteiger partial charge in [0.25, 0.3) is 0 Å². The van der Waals surface area contributed by atoms with E-state index in [4.69, 9.17) is 16.3 Å². The van der Waals surface area contributed by atoms with Crippen molar-refractivity contribution >= 4 is 17.4 Å². The van der Waals surface area contributed by atoms with Crippen LogP contribution in [0.25, 0.3) is 0 Å². The van der Waals surface area contributed by atoms with Gasteiger partial charge in [-0.05, 0) is 12.8 Å². The Morgan fingerprint density at radius 3 is 3.07 bits per heavy atom. The molecule has 0 aromatic carbocycles. The molecule has 1 aromatic heterocycles. The highest BCUT2D eigenvalue weighted by molar-refractivity contribution is 6.31. The lowest BCUT2D eigenvalue weighted by molar-refractivity contribution is 0.180. The first kappa shape index (κ1) is 10.6. The van der Waals surface area contributed by atoms with Crippen molar-refractivity contribution in [3.8, 4) is 0 Å². The van der Waals surface area contributed by atoms with Gasteiger partial charge in [-0.1, -0.05) is 11.6 Å². The van der Waals surface area contributed by atoms with Gasteiger partial charge in [0.15, 0.2) is 11.0 Å². The number of hydrogen-bond donors (Lipinski definition) is 0. The second kappa shape index (κ2) is 4.77. The molecule has 4 nitrogen and oxygen atoms in total. The molecule has 0 amide bonds. The lowest BCUT2D eigenvalue weighted by atomic mass is 10.2. The summed E-state index contributed by atoms with van der Waals surface area (Å²) < 4.78 is 5.18. The van der Waals surface area contributed by atoms with Crippen LogP contribution in [0, 0.1) is 0 Å². The van der Waals surface area contributed by atoms with Crippen molar-refractivity contribution in [1.29, 1.82) is 0 Å². The molecule has 15 heavy (non-hydrogen) atoms. The highest BCUT2D eigenvalue weighted by atomic mass is 35.5. The zero-order chi connectivity index (χ0) is 10.7. The predicted molar refractivity (Wildman–Crippen MR) is 59.3 cm³/mol. The van der Waals surface area contributed by atoms with Crippen molar-refractivity contribution in [2.75, 3.05) is 25.2 Å². The maximum absolute atomic E-state index is 6.01. The molecule has 0 saturated carbocycles. The number of halogens is 1. The maximum Gasteiger partial charge on any atom is 0.171 e. The standard InChI is InChI=1S/C10H14ClN3O/c1-15-7-8-3-2-6-14(8)10-9(11)12-4-5-13-10/h4-5,8H,2-3,6-7H2,1H3/t8-/m1/s1. The summed E-state index contributed by atoms with van der Waals surface area (Å²) in [5.74, 6) is 0.777. The average Bonchev–Trinajstić information content (AvgIpc) is 2.67. The van der Waals surface area contributed by atoms with Crippen LogP contribution in [0.1, 0.15) is 12.8 Å². The molecule has 2 heterocycles. The van der Waals surface area contributed by atoms with E-state index in [9.17, 15) is 0 Å². The van der Waals surface area contributed by atoms with E-state index < -0.39 is 0 Å². The van der Waals surface area contributed by atoms with E-state index in [1.807, 2.05) is 0 Å². The third-order valence-electron chi connectivity index (χ3n) is 2.64. The highest BCUT2D eigenvalue weighted by Crippen LogP contribution is 2.28. The van der Waals surface area contributed by atoms with E-state index in [0.717, 1.165) is 25.2 Å². The Kier molecular flexibility index (Phi) is 3.38. The predicted octanol–water partition coefficient (Wildman–Crippen LogP) is 1.75. The van der Waals surface area contributed by atoms with E-state index >= 15 is 0 Å². The molecule has 0 N–H and O–H groups in total. The van der Waals surface area contributed by atoms with E-state index in [1.54, 1.807) is 19.5 Å². The summed E-state index contributed by atoms with van der Waals surface area (Å²) in [4.78, 5) is 10.5. The van der Waals surface area contributed by atoms with Crippen LogP contribution >= 0.6 is 11.6 Å². The molecule has 0 radical (unpaired) electrons. The zero-order valence-corrected chi connectivity index (χ0v) is 9.44. The van der Waals surface area contributed by atoms with E-state index in [1.165, 1.54) is 0 Å². The van der Waals surface area contributed by atoms with Crippen molar-refractivity contribution < 1.29 is 4.74 Å². The third-order valence-corrected chi connectivity index (χ3v) is 2.91. The molecule has 5 heteroatoms. The summed E-state index contributed by atoms with van der Waals surface area (Å²) in [5, 5.41) is 0.473.